The second-order valence-corrected chi connectivity index (χ2v) is 7.68. The van der Waals surface area contributed by atoms with E-state index < -0.39 is 0 Å². The van der Waals surface area contributed by atoms with Crippen molar-refractivity contribution in [3.63, 3.8) is 0 Å². The fourth-order valence-electron chi connectivity index (χ4n) is 4.14. The van der Waals surface area contributed by atoms with Gasteiger partial charge in [0.05, 0.1) is 6.61 Å². The molecule has 2 aliphatic rings. The van der Waals surface area contributed by atoms with Crippen LogP contribution in [-0.4, -0.2) is 56.7 Å². The number of nitrogens with zero attached hydrogens (tertiary/aromatic N) is 4. The van der Waals surface area contributed by atoms with Crippen molar-refractivity contribution in [3.8, 4) is 5.75 Å². The maximum absolute atomic E-state index is 12.8. The first-order chi connectivity index (χ1) is 13.9. The minimum Gasteiger partial charge on any atom is -0.493 e. The summed E-state index contributed by atoms with van der Waals surface area (Å²) in [5, 5.41) is 11.3. The van der Waals surface area contributed by atoms with E-state index in [-0.39, 0.29) is 17.8 Å². The Balaban J connectivity index is 0.000000645. The molecule has 150 valence electrons. The Morgan fingerprint density at radius 3 is 2.72 bits per heavy atom. The molecule has 4 heterocycles. The standard InChI is InChI=1S/C20H20N4O2.CH2O2/c1-13-7-14(2)24-18(21-13)8-16(22-24)19(25)23-10-20(11-23)9-15-5-3-4-6-17(15)26-12-20;2-1-3/h3-8H,9-12H2,1-2H3;1H,(H,2,3). The number of fused-ring (bicyclic) bond motifs is 2. The van der Waals surface area contributed by atoms with Gasteiger partial charge in [-0.05, 0) is 38.0 Å². The molecule has 1 amide bonds. The number of likely N-dealkylation sites (tertiary alicyclic amines) is 1. The van der Waals surface area contributed by atoms with E-state index in [1.54, 1.807) is 10.6 Å². The summed E-state index contributed by atoms with van der Waals surface area (Å²) in [7, 11) is 0. The molecule has 29 heavy (non-hydrogen) atoms. The van der Waals surface area contributed by atoms with Crippen molar-refractivity contribution in [3.05, 3.63) is 59.0 Å². The van der Waals surface area contributed by atoms with Crippen LogP contribution in [0.3, 0.4) is 0 Å². The topological polar surface area (TPSA) is 97.0 Å². The molecular formula is C21H22N4O4. The number of carbonyl (C=O) groups is 2. The lowest BCUT2D eigenvalue weighted by Gasteiger charge is -2.51. The van der Waals surface area contributed by atoms with E-state index in [9.17, 15) is 4.79 Å². The summed E-state index contributed by atoms with van der Waals surface area (Å²) >= 11 is 0. The summed E-state index contributed by atoms with van der Waals surface area (Å²) in [6.07, 6.45) is 0.956. The molecule has 2 aromatic heterocycles. The van der Waals surface area contributed by atoms with Crippen molar-refractivity contribution >= 4 is 18.0 Å². The molecule has 0 unspecified atom stereocenters. The summed E-state index contributed by atoms with van der Waals surface area (Å²) in [6.45, 7) is 5.75. The van der Waals surface area contributed by atoms with E-state index in [0.29, 0.717) is 25.4 Å². The van der Waals surface area contributed by atoms with Crippen LogP contribution in [0, 0.1) is 19.3 Å². The molecule has 8 heteroatoms. The summed E-state index contributed by atoms with van der Waals surface area (Å²) in [5.41, 5.74) is 4.34. The molecule has 5 rings (SSSR count). The molecule has 1 fully saturated rings. The fourth-order valence-corrected chi connectivity index (χ4v) is 4.14. The Hall–Kier alpha value is -3.42. The first kappa shape index (κ1) is 18.9. The van der Waals surface area contributed by atoms with Crippen molar-refractivity contribution in [2.45, 2.75) is 20.3 Å². The molecule has 1 aromatic carbocycles. The predicted molar refractivity (Wildman–Crippen MR) is 105 cm³/mol. The molecule has 0 radical (unpaired) electrons. The number of carboxylic acid groups (broad SMARTS) is 1. The maximum atomic E-state index is 12.8. The van der Waals surface area contributed by atoms with E-state index in [0.717, 1.165) is 29.2 Å². The van der Waals surface area contributed by atoms with E-state index >= 15 is 0 Å². The largest absolute Gasteiger partial charge is 0.493 e. The number of amides is 1. The van der Waals surface area contributed by atoms with Crippen molar-refractivity contribution in [2.24, 2.45) is 5.41 Å². The number of hydrogen-bond acceptors (Lipinski definition) is 5. The number of rotatable bonds is 1. The smallest absolute Gasteiger partial charge is 0.290 e. The lowest BCUT2D eigenvalue weighted by Crippen LogP contribution is -2.62. The molecule has 1 N–H and O–H groups in total. The molecule has 0 atom stereocenters. The van der Waals surface area contributed by atoms with Crippen molar-refractivity contribution < 1.29 is 19.4 Å². The number of benzene rings is 1. The molecule has 0 aliphatic carbocycles. The van der Waals surface area contributed by atoms with Crippen molar-refractivity contribution in [1.29, 1.82) is 0 Å². The highest BCUT2D eigenvalue weighted by Crippen LogP contribution is 2.41. The Morgan fingerprint density at radius 2 is 1.97 bits per heavy atom. The number of ether oxygens (including phenoxy) is 1. The van der Waals surface area contributed by atoms with Gasteiger partial charge in [0.25, 0.3) is 12.4 Å². The molecule has 1 saturated heterocycles. The van der Waals surface area contributed by atoms with Gasteiger partial charge in [0.2, 0.25) is 0 Å². The number of para-hydroxylation sites is 1. The number of aromatic nitrogens is 3. The first-order valence-corrected chi connectivity index (χ1v) is 9.36. The number of hydrogen-bond donors (Lipinski definition) is 1. The van der Waals surface area contributed by atoms with Gasteiger partial charge in [0.1, 0.15) is 5.75 Å². The van der Waals surface area contributed by atoms with Crippen LogP contribution in [-0.2, 0) is 11.2 Å². The van der Waals surface area contributed by atoms with Gasteiger partial charge >= 0.3 is 0 Å². The number of carbonyl (C=O) groups excluding carboxylic acids is 1. The van der Waals surface area contributed by atoms with E-state index in [1.807, 2.05) is 43.0 Å². The lowest BCUT2D eigenvalue weighted by atomic mass is 9.74. The van der Waals surface area contributed by atoms with Gasteiger partial charge in [-0.1, -0.05) is 18.2 Å². The Kier molecular flexibility index (Phi) is 4.70. The summed E-state index contributed by atoms with van der Waals surface area (Å²) in [4.78, 5) is 27.5. The zero-order chi connectivity index (χ0) is 20.6. The predicted octanol–water partition coefficient (Wildman–Crippen LogP) is 2.12. The van der Waals surface area contributed by atoms with Crippen molar-refractivity contribution in [2.75, 3.05) is 19.7 Å². The summed E-state index contributed by atoms with van der Waals surface area (Å²) in [6, 6.07) is 11.9. The second kappa shape index (κ2) is 7.20. The highest BCUT2D eigenvalue weighted by molar-refractivity contribution is 5.94. The van der Waals surface area contributed by atoms with Crippen LogP contribution < -0.4 is 4.74 Å². The van der Waals surface area contributed by atoms with Crippen LogP contribution in [0.4, 0.5) is 0 Å². The van der Waals surface area contributed by atoms with Crippen molar-refractivity contribution in [1.82, 2.24) is 19.5 Å². The maximum Gasteiger partial charge on any atom is 0.290 e. The van der Waals surface area contributed by atoms with Gasteiger partial charge in [0.15, 0.2) is 11.3 Å². The summed E-state index contributed by atoms with van der Waals surface area (Å²) < 4.78 is 7.66. The zero-order valence-electron chi connectivity index (χ0n) is 16.3. The minimum absolute atomic E-state index is 0.0305. The molecule has 0 bridgehead atoms. The van der Waals surface area contributed by atoms with E-state index in [2.05, 4.69) is 16.1 Å². The molecular weight excluding hydrogens is 372 g/mol. The Bertz CT molecular complexity index is 1090. The zero-order valence-corrected chi connectivity index (χ0v) is 16.3. The Labute approximate surface area is 167 Å². The van der Waals surface area contributed by atoms with Crippen LogP contribution >= 0.6 is 0 Å². The van der Waals surface area contributed by atoms with Crippen LogP contribution in [0.2, 0.25) is 0 Å². The fraction of sp³-hybridized carbons (Fsp3) is 0.333. The van der Waals surface area contributed by atoms with Crippen LogP contribution in [0.25, 0.3) is 5.65 Å². The van der Waals surface area contributed by atoms with Gasteiger partial charge < -0.3 is 14.7 Å². The van der Waals surface area contributed by atoms with Crippen LogP contribution in [0.1, 0.15) is 27.4 Å². The third kappa shape index (κ3) is 3.41. The van der Waals surface area contributed by atoms with Gasteiger partial charge in [-0.2, -0.15) is 5.10 Å². The Morgan fingerprint density at radius 1 is 1.24 bits per heavy atom. The average molecular weight is 394 g/mol. The monoisotopic (exact) mass is 394 g/mol. The minimum atomic E-state index is -0.250. The van der Waals surface area contributed by atoms with Gasteiger partial charge in [-0.25, -0.2) is 9.50 Å². The van der Waals surface area contributed by atoms with E-state index in [1.165, 1.54) is 5.56 Å². The number of aryl methyl sites for hydroxylation is 2. The summed E-state index contributed by atoms with van der Waals surface area (Å²) in [5.74, 6) is 0.942. The molecule has 3 aromatic rings. The van der Waals surface area contributed by atoms with Gasteiger partial charge in [-0.3, -0.25) is 9.59 Å². The highest BCUT2D eigenvalue weighted by atomic mass is 16.5. The third-order valence-electron chi connectivity index (χ3n) is 5.36. The first-order valence-electron chi connectivity index (χ1n) is 9.36. The van der Waals surface area contributed by atoms with Gasteiger partial charge in [-0.15, -0.1) is 0 Å². The van der Waals surface area contributed by atoms with Crippen LogP contribution in [0.5, 0.6) is 5.75 Å². The molecule has 0 saturated carbocycles. The molecule has 8 nitrogen and oxygen atoms in total. The van der Waals surface area contributed by atoms with Gasteiger partial charge in [0, 0.05) is 36.0 Å². The molecule has 2 aliphatic heterocycles. The van der Waals surface area contributed by atoms with Crippen LogP contribution in [0.15, 0.2) is 36.4 Å². The second-order valence-electron chi connectivity index (χ2n) is 7.68. The SMILES string of the molecule is Cc1cc(C)n2nc(C(=O)N3CC4(COc5ccccc5C4)C3)cc2n1.O=CO. The normalized spacial score (nSPS) is 16.3. The molecule has 1 spiro atoms. The highest BCUT2D eigenvalue weighted by Gasteiger charge is 2.48. The lowest BCUT2D eigenvalue weighted by molar-refractivity contribution is -0.122. The third-order valence-corrected chi connectivity index (χ3v) is 5.36. The average Bonchev–Trinajstić information content (AvgIpc) is 3.10. The quantitative estimate of drug-likeness (QED) is 0.635. The van der Waals surface area contributed by atoms with E-state index in [4.69, 9.17) is 14.6 Å².